The van der Waals surface area contributed by atoms with E-state index in [4.69, 9.17) is 9.84 Å². The van der Waals surface area contributed by atoms with Gasteiger partial charge in [-0.05, 0) is 44.0 Å². The van der Waals surface area contributed by atoms with Crippen LogP contribution in [0.4, 0.5) is 0 Å². The van der Waals surface area contributed by atoms with Crippen molar-refractivity contribution in [2.24, 2.45) is 0 Å². The van der Waals surface area contributed by atoms with Crippen molar-refractivity contribution < 1.29 is 14.6 Å². The summed E-state index contributed by atoms with van der Waals surface area (Å²) < 4.78 is 5.83. The SMILES string of the molecule is CC1(C)Cc2cc(CNCCCC(=O)O)ccc2O1. The maximum Gasteiger partial charge on any atom is 0.303 e. The fourth-order valence-electron chi connectivity index (χ4n) is 2.37. The summed E-state index contributed by atoms with van der Waals surface area (Å²) in [6, 6.07) is 6.26. The number of hydrogen-bond acceptors (Lipinski definition) is 3. The third-order valence-corrected chi connectivity index (χ3v) is 3.20. The second-order valence-corrected chi connectivity index (χ2v) is 5.65. The summed E-state index contributed by atoms with van der Waals surface area (Å²) in [5.41, 5.74) is 2.38. The molecule has 0 atom stereocenters. The third kappa shape index (κ3) is 3.96. The standard InChI is InChI=1S/C15H21NO3/c1-15(2)9-12-8-11(5-6-13(12)19-15)10-16-7-3-4-14(17)18/h5-6,8,16H,3-4,7,9-10H2,1-2H3,(H,17,18). The molecule has 0 amide bonds. The maximum atomic E-state index is 10.4. The lowest BCUT2D eigenvalue weighted by molar-refractivity contribution is -0.137. The number of hydrogen-bond donors (Lipinski definition) is 2. The molecule has 0 aliphatic carbocycles. The molecule has 4 nitrogen and oxygen atoms in total. The van der Waals surface area contributed by atoms with E-state index in [0.717, 1.165) is 25.3 Å². The lowest BCUT2D eigenvalue weighted by atomic mass is 10.0. The monoisotopic (exact) mass is 263 g/mol. The molecule has 104 valence electrons. The van der Waals surface area contributed by atoms with Crippen molar-refractivity contribution in [2.75, 3.05) is 6.54 Å². The van der Waals surface area contributed by atoms with Crippen LogP contribution in [0.3, 0.4) is 0 Å². The Balaban J connectivity index is 1.82. The van der Waals surface area contributed by atoms with Gasteiger partial charge in [0.2, 0.25) is 0 Å². The van der Waals surface area contributed by atoms with Crippen LogP contribution in [0, 0.1) is 0 Å². The van der Waals surface area contributed by atoms with Crippen molar-refractivity contribution >= 4 is 5.97 Å². The maximum absolute atomic E-state index is 10.4. The first-order chi connectivity index (χ1) is 8.96. The normalized spacial score (nSPS) is 15.9. The Morgan fingerprint density at radius 2 is 2.26 bits per heavy atom. The van der Waals surface area contributed by atoms with Gasteiger partial charge in [0, 0.05) is 19.4 Å². The molecule has 0 bridgehead atoms. The number of rotatable bonds is 6. The summed E-state index contributed by atoms with van der Waals surface area (Å²) >= 11 is 0. The number of carboxylic acids is 1. The highest BCUT2D eigenvalue weighted by Crippen LogP contribution is 2.35. The van der Waals surface area contributed by atoms with E-state index in [9.17, 15) is 4.79 Å². The van der Waals surface area contributed by atoms with E-state index in [2.05, 4.69) is 31.3 Å². The van der Waals surface area contributed by atoms with Crippen molar-refractivity contribution in [3.8, 4) is 5.75 Å². The van der Waals surface area contributed by atoms with Gasteiger partial charge in [-0.1, -0.05) is 12.1 Å². The smallest absolute Gasteiger partial charge is 0.303 e. The first-order valence-electron chi connectivity index (χ1n) is 6.70. The minimum atomic E-state index is -0.737. The van der Waals surface area contributed by atoms with Gasteiger partial charge >= 0.3 is 5.97 Å². The molecule has 1 aromatic carbocycles. The third-order valence-electron chi connectivity index (χ3n) is 3.20. The Bertz CT molecular complexity index is 468. The van der Waals surface area contributed by atoms with Crippen molar-refractivity contribution in [3.05, 3.63) is 29.3 Å². The highest BCUT2D eigenvalue weighted by atomic mass is 16.5. The molecule has 4 heteroatoms. The lowest BCUT2D eigenvalue weighted by Gasteiger charge is -2.16. The number of nitrogens with one attached hydrogen (secondary N) is 1. The molecule has 0 aromatic heterocycles. The highest BCUT2D eigenvalue weighted by Gasteiger charge is 2.29. The predicted octanol–water partition coefficient (Wildman–Crippen LogP) is 2.35. The van der Waals surface area contributed by atoms with E-state index in [1.807, 2.05) is 6.07 Å². The molecule has 0 saturated heterocycles. The zero-order valence-corrected chi connectivity index (χ0v) is 11.5. The van der Waals surface area contributed by atoms with Crippen LogP contribution in [0.1, 0.15) is 37.8 Å². The van der Waals surface area contributed by atoms with E-state index < -0.39 is 5.97 Å². The van der Waals surface area contributed by atoms with Crippen LogP contribution in [0.15, 0.2) is 18.2 Å². The summed E-state index contributed by atoms with van der Waals surface area (Å²) in [7, 11) is 0. The van der Waals surface area contributed by atoms with Gasteiger partial charge < -0.3 is 15.2 Å². The summed E-state index contributed by atoms with van der Waals surface area (Å²) in [6.45, 7) is 5.69. The van der Waals surface area contributed by atoms with E-state index in [1.54, 1.807) is 0 Å². The molecule has 0 unspecified atom stereocenters. The average Bonchev–Trinajstić information content (AvgIpc) is 2.61. The van der Waals surface area contributed by atoms with E-state index in [1.165, 1.54) is 11.1 Å². The quantitative estimate of drug-likeness (QED) is 0.774. The summed E-state index contributed by atoms with van der Waals surface area (Å²) in [4.78, 5) is 10.4. The largest absolute Gasteiger partial charge is 0.487 e. The Hall–Kier alpha value is -1.55. The predicted molar refractivity (Wildman–Crippen MR) is 73.4 cm³/mol. The van der Waals surface area contributed by atoms with Gasteiger partial charge in [-0.15, -0.1) is 0 Å². The number of fused-ring (bicyclic) bond motifs is 1. The first-order valence-corrected chi connectivity index (χ1v) is 6.70. The molecule has 0 radical (unpaired) electrons. The van der Waals surface area contributed by atoms with Crippen LogP contribution in [0.2, 0.25) is 0 Å². The fraction of sp³-hybridized carbons (Fsp3) is 0.533. The van der Waals surface area contributed by atoms with Crippen molar-refractivity contribution in [3.63, 3.8) is 0 Å². The highest BCUT2D eigenvalue weighted by molar-refractivity contribution is 5.66. The first kappa shape index (κ1) is 13.9. The fourth-order valence-corrected chi connectivity index (χ4v) is 2.37. The molecule has 2 N–H and O–H groups in total. The molecule has 1 aromatic rings. The van der Waals surface area contributed by atoms with Gasteiger partial charge in [-0.3, -0.25) is 4.79 Å². The Morgan fingerprint density at radius 1 is 1.47 bits per heavy atom. The summed E-state index contributed by atoms with van der Waals surface area (Å²) in [5.74, 6) is 0.248. The Kier molecular flexibility index (Phi) is 4.10. The molecule has 1 heterocycles. The van der Waals surface area contributed by atoms with Crippen LogP contribution in [0.5, 0.6) is 5.75 Å². The van der Waals surface area contributed by atoms with Gasteiger partial charge in [-0.25, -0.2) is 0 Å². The number of carbonyl (C=O) groups is 1. The van der Waals surface area contributed by atoms with E-state index in [0.29, 0.717) is 6.42 Å². The van der Waals surface area contributed by atoms with Crippen LogP contribution in [-0.2, 0) is 17.8 Å². The number of aliphatic carboxylic acids is 1. The summed E-state index contributed by atoms with van der Waals surface area (Å²) in [5, 5.41) is 11.8. The second-order valence-electron chi connectivity index (χ2n) is 5.65. The Morgan fingerprint density at radius 3 is 3.00 bits per heavy atom. The van der Waals surface area contributed by atoms with Gasteiger partial charge in [-0.2, -0.15) is 0 Å². The average molecular weight is 263 g/mol. The van der Waals surface area contributed by atoms with Gasteiger partial charge in [0.25, 0.3) is 0 Å². The van der Waals surface area contributed by atoms with Gasteiger partial charge in [0.05, 0.1) is 0 Å². The molecule has 1 aliphatic heterocycles. The van der Waals surface area contributed by atoms with Crippen molar-refractivity contribution in [1.29, 1.82) is 0 Å². The van der Waals surface area contributed by atoms with Crippen molar-refractivity contribution in [1.82, 2.24) is 5.32 Å². The summed E-state index contributed by atoms with van der Waals surface area (Å²) in [6.07, 6.45) is 1.82. The zero-order chi connectivity index (χ0) is 13.9. The van der Waals surface area contributed by atoms with Crippen LogP contribution in [-0.4, -0.2) is 23.2 Å². The minimum Gasteiger partial charge on any atom is -0.487 e. The van der Waals surface area contributed by atoms with Crippen LogP contribution >= 0.6 is 0 Å². The molecule has 2 rings (SSSR count). The van der Waals surface area contributed by atoms with Crippen LogP contribution < -0.4 is 10.1 Å². The lowest BCUT2D eigenvalue weighted by Crippen LogP contribution is -2.24. The molecule has 0 spiro atoms. The topological polar surface area (TPSA) is 58.6 Å². The molecule has 0 saturated carbocycles. The molecular formula is C15H21NO3. The van der Waals surface area contributed by atoms with E-state index >= 15 is 0 Å². The number of benzene rings is 1. The van der Waals surface area contributed by atoms with Gasteiger partial charge in [0.15, 0.2) is 0 Å². The zero-order valence-electron chi connectivity index (χ0n) is 11.5. The van der Waals surface area contributed by atoms with Crippen LogP contribution in [0.25, 0.3) is 0 Å². The van der Waals surface area contributed by atoms with Gasteiger partial charge in [0.1, 0.15) is 11.4 Å². The van der Waals surface area contributed by atoms with Crippen molar-refractivity contribution in [2.45, 2.75) is 45.3 Å². The van der Waals surface area contributed by atoms with E-state index in [-0.39, 0.29) is 12.0 Å². The molecular weight excluding hydrogens is 242 g/mol. The molecule has 0 fully saturated rings. The number of ether oxygens (including phenoxy) is 1. The second kappa shape index (κ2) is 5.61. The Labute approximate surface area is 113 Å². The minimum absolute atomic E-state index is 0.101. The molecule has 19 heavy (non-hydrogen) atoms. The molecule has 1 aliphatic rings. The number of carboxylic acid groups (broad SMARTS) is 1.